The normalized spacial score (nSPS) is 23.0. The maximum absolute atomic E-state index is 5.56. The molecular formula is C13H21N3O. The summed E-state index contributed by atoms with van der Waals surface area (Å²) in [5.41, 5.74) is 1.11. The van der Waals surface area contributed by atoms with Gasteiger partial charge in [0.2, 0.25) is 0 Å². The van der Waals surface area contributed by atoms with Gasteiger partial charge >= 0.3 is 0 Å². The largest absolute Gasteiger partial charge is 0.379 e. The van der Waals surface area contributed by atoms with Crippen LogP contribution in [-0.4, -0.2) is 37.8 Å². The van der Waals surface area contributed by atoms with Crippen molar-refractivity contribution >= 4 is 11.5 Å². The van der Waals surface area contributed by atoms with Gasteiger partial charge in [0.15, 0.2) is 5.82 Å². The van der Waals surface area contributed by atoms with Crippen LogP contribution < -0.4 is 10.2 Å². The first kappa shape index (κ1) is 12.2. The fourth-order valence-corrected chi connectivity index (χ4v) is 2.14. The molecule has 0 aliphatic heterocycles. The third kappa shape index (κ3) is 2.88. The van der Waals surface area contributed by atoms with E-state index in [4.69, 9.17) is 4.74 Å². The highest BCUT2D eigenvalue weighted by molar-refractivity contribution is 5.65. The summed E-state index contributed by atoms with van der Waals surface area (Å²) < 4.78 is 5.56. The van der Waals surface area contributed by atoms with Gasteiger partial charge < -0.3 is 15.0 Å². The number of rotatable bonds is 5. The second-order valence-corrected chi connectivity index (χ2v) is 4.66. The number of pyridine rings is 1. The lowest BCUT2D eigenvalue weighted by Gasteiger charge is -2.36. The first-order valence-electron chi connectivity index (χ1n) is 6.21. The molecule has 0 bridgehead atoms. The Balaban J connectivity index is 1.92. The zero-order valence-corrected chi connectivity index (χ0v) is 10.8. The Labute approximate surface area is 103 Å². The van der Waals surface area contributed by atoms with E-state index in [-0.39, 0.29) is 0 Å². The van der Waals surface area contributed by atoms with Crippen LogP contribution in [0.25, 0.3) is 0 Å². The number of nitrogens with zero attached hydrogens (tertiary/aromatic N) is 2. The molecule has 1 heterocycles. The maximum Gasteiger partial charge on any atom is 0.151 e. The second kappa shape index (κ2) is 5.36. The monoisotopic (exact) mass is 235 g/mol. The van der Waals surface area contributed by atoms with Gasteiger partial charge in [-0.05, 0) is 31.9 Å². The van der Waals surface area contributed by atoms with E-state index < -0.39 is 0 Å². The van der Waals surface area contributed by atoms with Crippen LogP contribution in [0.1, 0.15) is 19.8 Å². The molecule has 94 valence electrons. The number of nitrogens with one attached hydrogen (secondary N) is 1. The number of anilines is 2. The zero-order valence-electron chi connectivity index (χ0n) is 10.8. The van der Waals surface area contributed by atoms with Crippen molar-refractivity contribution in [2.75, 3.05) is 30.9 Å². The Hall–Kier alpha value is -1.29. The molecule has 1 saturated carbocycles. The molecule has 1 aliphatic rings. The Bertz CT molecular complexity index is 361. The Kier molecular flexibility index (Phi) is 3.84. The van der Waals surface area contributed by atoms with E-state index in [1.807, 2.05) is 38.2 Å². The molecule has 1 aliphatic carbocycles. The van der Waals surface area contributed by atoms with Crippen molar-refractivity contribution in [2.45, 2.75) is 31.9 Å². The van der Waals surface area contributed by atoms with Gasteiger partial charge in [0.1, 0.15) is 0 Å². The standard InChI is InChI=1S/C13H21N3O/c1-4-17-11-8-10(9-11)15-12-6-5-7-14-13(12)16(2)3/h5-7,10-11,15H,4,8-9H2,1-3H3. The SMILES string of the molecule is CCOC1CC(Nc2cccnc2N(C)C)C1. The molecule has 1 aromatic rings. The summed E-state index contributed by atoms with van der Waals surface area (Å²) in [6, 6.07) is 4.57. The third-order valence-corrected chi connectivity index (χ3v) is 3.07. The minimum Gasteiger partial charge on any atom is -0.379 e. The van der Waals surface area contributed by atoms with E-state index in [1.165, 1.54) is 0 Å². The van der Waals surface area contributed by atoms with Crippen LogP contribution in [0.2, 0.25) is 0 Å². The maximum atomic E-state index is 5.56. The first-order chi connectivity index (χ1) is 8.20. The number of hydrogen-bond donors (Lipinski definition) is 1. The van der Waals surface area contributed by atoms with Crippen LogP contribution in [0.3, 0.4) is 0 Å². The second-order valence-electron chi connectivity index (χ2n) is 4.66. The molecule has 0 atom stereocenters. The molecule has 1 fully saturated rings. The Morgan fingerprint density at radius 3 is 2.88 bits per heavy atom. The summed E-state index contributed by atoms with van der Waals surface area (Å²) in [4.78, 5) is 6.41. The van der Waals surface area contributed by atoms with E-state index in [9.17, 15) is 0 Å². The molecule has 0 unspecified atom stereocenters. The van der Waals surface area contributed by atoms with E-state index in [1.54, 1.807) is 0 Å². The highest BCUT2D eigenvalue weighted by atomic mass is 16.5. The van der Waals surface area contributed by atoms with Gasteiger partial charge in [-0.25, -0.2) is 4.98 Å². The van der Waals surface area contributed by atoms with Gasteiger partial charge in [-0.3, -0.25) is 0 Å². The fraction of sp³-hybridized carbons (Fsp3) is 0.615. The van der Waals surface area contributed by atoms with Crippen molar-refractivity contribution in [2.24, 2.45) is 0 Å². The van der Waals surface area contributed by atoms with Crippen LogP contribution in [0.15, 0.2) is 18.3 Å². The Morgan fingerprint density at radius 1 is 1.47 bits per heavy atom. The van der Waals surface area contributed by atoms with Crippen molar-refractivity contribution in [1.82, 2.24) is 4.98 Å². The molecule has 4 nitrogen and oxygen atoms in total. The molecule has 2 rings (SSSR count). The lowest BCUT2D eigenvalue weighted by Crippen LogP contribution is -2.41. The first-order valence-corrected chi connectivity index (χ1v) is 6.21. The quantitative estimate of drug-likeness (QED) is 0.848. The van der Waals surface area contributed by atoms with E-state index >= 15 is 0 Å². The average Bonchev–Trinajstić information content (AvgIpc) is 2.26. The molecular weight excluding hydrogens is 214 g/mol. The Morgan fingerprint density at radius 2 is 2.24 bits per heavy atom. The molecule has 0 amide bonds. The van der Waals surface area contributed by atoms with E-state index in [0.29, 0.717) is 12.1 Å². The summed E-state index contributed by atoms with van der Waals surface area (Å²) in [7, 11) is 4.02. The average molecular weight is 235 g/mol. The summed E-state index contributed by atoms with van der Waals surface area (Å²) in [6.45, 7) is 2.86. The lowest BCUT2D eigenvalue weighted by molar-refractivity contribution is 0.00300. The molecule has 1 N–H and O–H groups in total. The van der Waals surface area contributed by atoms with E-state index in [2.05, 4.69) is 16.4 Å². The predicted molar refractivity (Wildman–Crippen MR) is 70.6 cm³/mol. The molecule has 0 radical (unpaired) electrons. The van der Waals surface area contributed by atoms with Crippen LogP contribution in [-0.2, 0) is 4.74 Å². The topological polar surface area (TPSA) is 37.4 Å². The van der Waals surface area contributed by atoms with E-state index in [0.717, 1.165) is 31.0 Å². The highest BCUT2D eigenvalue weighted by Crippen LogP contribution is 2.29. The molecule has 0 spiro atoms. The van der Waals surface area contributed by atoms with Gasteiger partial charge in [0.05, 0.1) is 11.8 Å². The summed E-state index contributed by atoms with van der Waals surface area (Å²) in [5.74, 6) is 0.993. The molecule has 17 heavy (non-hydrogen) atoms. The van der Waals surface area contributed by atoms with Gasteiger partial charge in [0.25, 0.3) is 0 Å². The molecule has 0 aromatic carbocycles. The van der Waals surface area contributed by atoms with Crippen LogP contribution in [0, 0.1) is 0 Å². The van der Waals surface area contributed by atoms with Crippen LogP contribution in [0.4, 0.5) is 11.5 Å². The van der Waals surface area contributed by atoms with Crippen molar-refractivity contribution in [1.29, 1.82) is 0 Å². The summed E-state index contributed by atoms with van der Waals surface area (Å²) in [6.07, 6.45) is 4.45. The number of aromatic nitrogens is 1. The summed E-state index contributed by atoms with van der Waals surface area (Å²) >= 11 is 0. The van der Waals surface area contributed by atoms with Crippen molar-refractivity contribution in [3.8, 4) is 0 Å². The number of hydrogen-bond acceptors (Lipinski definition) is 4. The van der Waals surface area contributed by atoms with Gasteiger partial charge in [0, 0.05) is 32.9 Å². The van der Waals surface area contributed by atoms with Crippen molar-refractivity contribution in [3.05, 3.63) is 18.3 Å². The minimum absolute atomic E-state index is 0.442. The predicted octanol–water partition coefficient (Wildman–Crippen LogP) is 2.13. The van der Waals surface area contributed by atoms with Gasteiger partial charge in [-0.2, -0.15) is 0 Å². The summed E-state index contributed by atoms with van der Waals surface area (Å²) in [5, 5.41) is 3.53. The molecule has 4 heteroatoms. The lowest BCUT2D eigenvalue weighted by atomic mass is 9.89. The van der Waals surface area contributed by atoms with Crippen molar-refractivity contribution < 1.29 is 4.74 Å². The van der Waals surface area contributed by atoms with Gasteiger partial charge in [-0.1, -0.05) is 0 Å². The smallest absolute Gasteiger partial charge is 0.151 e. The minimum atomic E-state index is 0.442. The molecule has 0 saturated heterocycles. The molecule has 1 aromatic heterocycles. The highest BCUT2D eigenvalue weighted by Gasteiger charge is 2.29. The fourth-order valence-electron chi connectivity index (χ4n) is 2.14. The van der Waals surface area contributed by atoms with Crippen LogP contribution >= 0.6 is 0 Å². The zero-order chi connectivity index (χ0) is 12.3. The van der Waals surface area contributed by atoms with Gasteiger partial charge in [-0.15, -0.1) is 0 Å². The number of ether oxygens (including phenoxy) is 1. The van der Waals surface area contributed by atoms with Crippen LogP contribution in [0.5, 0.6) is 0 Å². The van der Waals surface area contributed by atoms with Crippen molar-refractivity contribution in [3.63, 3.8) is 0 Å². The third-order valence-electron chi connectivity index (χ3n) is 3.07.